The van der Waals surface area contributed by atoms with Crippen LogP contribution in [0.2, 0.25) is 0 Å². The Morgan fingerprint density at radius 2 is 1.96 bits per heavy atom. The third kappa shape index (κ3) is 3.23. The third-order valence-electron chi connectivity index (χ3n) is 5.55. The Bertz CT molecular complexity index is 1020. The highest BCUT2D eigenvalue weighted by molar-refractivity contribution is 7.17. The lowest BCUT2D eigenvalue weighted by Gasteiger charge is -2.35. The molecule has 27 heavy (non-hydrogen) atoms. The lowest BCUT2D eigenvalue weighted by molar-refractivity contribution is 0.242. The van der Waals surface area contributed by atoms with E-state index < -0.39 is 0 Å². The van der Waals surface area contributed by atoms with Gasteiger partial charge in [-0.2, -0.15) is 5.10 Å². The first-order valence-electron chi connectivity index (χ1n) is 9.53. The predicted octanol–water partition coefficient (Wildman–Crippen LogP) is 1.56. The van der Waals surface area contributed by atoms with E-state index in [1.54, 1.807) is 28.4 Å². The standard InChI is InChI=1S/C19H22N6OS/c26-17-12-14-2-1-3-15(14)22-25(17)10-7-23-5-8-24(9-6-23)19-18-16(4-11-27-18)20-13-21-19/h4,11-13H,1-3,5-10H2. The van der Waals surface area contributed by atoms with Gasteiger partial charge in [0.2, 0.25) is 0 Å². The summed E-state index contributed by atoms with van der Waals surface area (Å²) in [5.74, 6) is 1.05. The van der Waals surface area contributed by atoms with Crippen molar-refractivity contribution in [3.63, 3.8) is 0 Å². The summed E-state index contributed by atoms with van der Waals surface area (Å²) in [4.78, 5) is 25.8. The first-order valence-corrected chi connectivity index (χ1v) is 10.4. The highest BCUT2D eigenvalue weighted by Gasteiger charge is 2.21. The lowest BCUT2D eigenvalue weighted by Crippen LogP contribution is -2.48. The van der Waals surface area contributed by atoms with Gasteiger partial charge in [-0.15, -0.1) is 11.3 Å². The Morgan fingerprint density at radius 3 is 2.85 bits per heavy atom. The van der Waals surface area contributed by atoms with Crippen LogP contribution in [0.3, 0.4) is 0 Å². The van der Waals surface area contributed by atoms with Crippen molar-refractivity contribution < 1.29 is 0 Å². The van der Waals surface area contributed by atoms with Crippen molar-refractivity contribution in [2.75, 3.05) is 37.6 Å². The van der Waals surface area contributed by atoms with Crippen molar-refractivity contribution in [1.29, 1.82) is 0 Å². The summed E-state index contributed by atoms with van der Waals surface area (Å²) >= 11 is 1.70. The number of anilines is 1. The van der Waals surface area contributed by atoms with Gasteiger partial charge in [0.25, 0.3) is 5.56 Å². The fourth-order valence-corrected chi connectivity index (χ4v) is 4.88. The molecule has 8 heteroatoms. The van der Waals surface area contributed by atoms with Gasteiger partial charge in [0, 0.05) is 38.8 Å². The van der Waals surface area contributed by atoms with Gasteiger partial charge >= 0.3 is 0 Å². The molecule has 1 aliphatic heterocycles. The van der Waals surface area contributed by atoms with Gasteiger partial charge in [-0.05, 0) is 36.3 Å². The minimum atomic E-state index is 0.0374. The van der Waals surface area contributed by atoms with Crippen LogP contribution in [0, 0.1) is 0 Å². The van der Waals surface area contributed by atoms with Crippen LogP contribution in [-0.2, 0) is 19.4 Å². The molecular weight excluding hydrogens is 360 g/mol. The first kappa shape index (κ1) is 16.8. The number of hydrogen-bond acceptors (Lipinski definition) is 7. The molecule has 2 aliphatic rings. The maximum atomic E-state index is 12.2. The summed E-state index contributed by atoms with van der Waals surface area (Å²) in [6.45, 7) is 5.34. The second kappa shape index (κ2) is 7.01. The molecule has 1 aliphatic carbocycles. The predicted molar refractivity (Wildman–Crippen MR) is 107 cm³/mol. The summed E-state index contributed by atoms with van der Waals surface area (Å²) < 4.78 is 2.82. The second-order valence-electron chi connectivity index (χ2n) is 7.19. The molecule has 3 aromatic heterocycles. The monoisotopic (exact) mass is 382 g/mol. The van der Waals surface area contributed by atoms with E-state index in [1.165, 1.54) is 4.70 Å². The van der Waals surface area contributed by atoms with Gasteiger partial charge in [-0.1, -0.05) is 0 Å². The minimum Gasteiger partial charge on any atom is -0.353 e. The SMILES string of the molecule is O=c1cc2c(nn1CCN1CCN(c3ncnc4ccsc34)CC1)CCC2. The van der Waals surface area contributed by atoms with E-state index >= 15 is 0 Å². The van der Waals surface area contributed by atoms with Crippen molar-refractivity contribution in [3.05, 3.63) is 45.5 Å². The molecule has 3 aromatic rings. The summed E-state index contributed by atoms with van der Waals surface area (Å²) in [6, 6.07) is 3.83. The number of hydrogen-bond donors (Lipinski definition) is 0. The molecule has 0 N–H and O–H groups in total. The number of aryl methyl sites for hydroxylation is 2. The molecule has 0 unspecified atom stereocenters. The van der Waals surface area contributed by atoms with Crippen LogP contribution in [0.25, 0.3) is 10.2 Å². The van der Waals surface area contributed by atoms with Gasteiger partial charge in [0.1, 0.15) is 12.1 Å². The summed E-state index contributed by atoms with van der Waals surface area (Å²) in [5.41, 5.74) is 3.32. The van der Waals surface area contributed by atoms with E-state index in [2.05, 4.69) is 30.2 Å². The van der Waals surface area contributed by atoms with Gasteiger partial charge in [0.05, 0.1) is 22.5 Å². The zero-order valence-corrected chi connectivity index (χ0v) is 16.0. The molecular formula is C19H22N6OS. The fourth-order valence-electron chi connectivity index (χ4n) is 4.02. The molecule has 0 amide bonds. The maximum Gasteiger partial charge on any atom is 0.267 e. The quantitative estimate of drug-likeness (QED) is 0.682. The number of rotatable bonds is 4. The summed E-state index contributed by atoms with van der Waals surface area (Å²) in [7, 11) is 0. The van der Waals surface area contributed by atoms with Gasteiger partial charge in [-0.3, -0.25) is 9.69 Å². The van der Waals surface area contributed by atoms with Crippen molar-refractivity contribution in [1.82, 2.24) is 24.6 Å². The van der Waals surface area contributed by atoms with Crippen LogP contribution in [0.4, 0.5) is 5.82 Å². The largest absolute Gasteiger partial charge is 0.353 e. The molecule has 0 radical (unpaired) electrons. The Labute approximate surface area is 161 Å². The highest BCUT2D eigenvalue weighted by Crippen LogP contribution is 2.28. The van der Waals surface area contributed by atoms with Crippen LogP contribution in [0.5, 0.6) is 0 Å². The molecule has 0 atom stereocenters. The van der Waals surface area contributed by atoms with E-state index in [0.29, 0.717) is 6.54 Å². The van der Waals surface area contributed by atoms with E-state index in [4.69, 9.17) is 0 Å². The van der Waals surface area contributed by atoms with Crippen molar-refractivity contribution in [2.45, 2.75) is 25.8 Å². The number of aromatic nitrogens is 4. The molecule has 0 aromatic carbocycles. The molecule has 0 saturated carbocycles. The van der Waals surface area contributed by atoms with E-state index in [0.717, 1.165) is 74.6 Å². The van der Waals surface area contributed by atoms with Crippen LogP contribution < -0.4 is 10.5 Å². The van der Waals surface area contributed by atoms with Crippen molar-refractivity contribution in [2.24, 2.45) is 0 Å². The van der Waals surface area contributed by atoms with Crippen LogP contribution in [0.1, 0.15) is 17.7 Å². The minimum absolute atomic E-state index is 0.0374. The van der Waals surface area contributed by atoms with Crippen molar-refractivity contribution >= 4 is 27.4 Å². The highest BCUT2D eigenvalue weighted by atomic mass is 32.1. The second-order valence-corrected chi connectivity index (χ2v) is 8.11. The van der Waals surface area contributed by atoms with E-state index in [9.17, 15) is 4.79 Å². The lowest BCUT2D eigenvalue weighted by atomic mass is 10.2. The first-order chi connectivity index (χ1) is 13.3. The summed E-state index contributed by atoms with van der Waals surface area (Å²) in [6.07, 6.45) is 4.78. The van der Waals surface area contributed by atoms with Gasteiger partial charge in [0.15, 0.2) is 0 Å². The van der Waals surface area contributed by atoms with Gasteiger partial charge in [-0.25, -0.2) is 14.6 Å². The molecule has 4 heterocycles. The van der Waals surface area contributed by atoms with E-state index in [-0.39, 0.29) is 5.56 Å². The molecule has 140 valence electrons. The zero-order chi connectivity index (χ0) is 18.2. The number of fused-ring (bicyclic) bond motifs is 2. The van der Waals surface area contributed by atoms with E-state index in [1.807, 2.05) is 6.07 Å². The topological polar surface area (TPSA) is 67.2 Å². The van der Waals surface area contributed by atoms with Crippen LogP contribution in [-0.4, -0.2) is 57.4 Å². The Hall–Kier alpha value is -2.32. The molecule has 0 spiro atoms. The van der Waals surface area contributed by atoms with Crippen molar-refractivity contribution in [3.8, 4) is 0 Å². The Balaban J connectivity index is 1.22. The molecule has 5 rings (SSSR count). The normalized spacial score (nSPS) is 17.6. The third-order valence-corrected chi connectivity index (χ3v) is 6.45. The zero-order valence-electron chi connectivity index (χ0n) is 15.2. The fraction of sp³-hybridized carbons (Fsp3) is 0.474. The smallest absolute Gasteiger partial charge is 0.267 e. The Kier molecular flexibility index (Phi) is 4.37. The average Bonchev–Trinajstić information content (AvgIpc) is 3.35. The molecule has 0 bridgehead atoms. The number of nitrogens with zero attached hydrogens (tertiary/aromatic N) is 6. The molecule has 1 saturated heterocycles. The van der Waals surface area contributed by atoms with Crippen LogP contribution >= 0.6 is 11.3 Å². The van der Waals surface area contributed by atoms with Crippen LogP contribution in [0.15, 0.2) is 28.6 Å². The Morgan fingerprint density at radius 1 is 1.07 bits per heavy atom. The number of piperazine rings is 1. The summed E-state index contributed by atoms with van der Waals surface area (Å²) in [5, 5.41) is 6.65. The molecule has 1 fully saturated rings. The van der Waals surface area contributed by atoms with Gasteiger partial charge < -0.3 is 4.90 Å². The average molecular weight is 382 g/mol. The molecule has 7 nitrogen and oxygen atoms in total. The number of thiophene rings is 1. The maximum absolute atomic E-state index is 12.2.